The smallest absolute Gasteiger partial charge is 0.350 e. The van der Waals surface area contributed by atoms with E-state index in [0.717, 1.165) is 11.3 Å². The largest absolute Gasteiger partial charge is 0.465 e. The highest BCUT2D eigenvalue weighted by atomic mass is 32.1. The maximum Gasteiger partial charge on any atom is 0.350 e. The zero-order valence-corrected chi connectivity index (χ0v) is 12.8. The third-order valence-electron chi connectivity index (χ3n) is 2.80. The molecule has 1 N–H and O–H groups in total. The van der Waals surface area contributed by atoms with Gasteiger partial charge in [0.25, 0.3) is 5.69 Å². The van der Waals surface area contributed by atoms with Gasteiger partial charge in [0.15, 0.2) is 0 Å². The summed E-state index contributed by atoms with van der Waals surface area (Å²) >= 11 is 1.16. The Morgan fingerprint density at radius 2 is 2.13 bits per heavy atom. The van der Waals surface area contributed by atoms with Crippen molar-refractivity contribution < 1.29 is 19.2 Å². The molecule has 1 aromatic carbocycles. The fourth-order valence-electron chi connectivity index (χ4n) is 1.75. The number of hydrogen-bond acceptors (Lipinski definition) is 6. The molecule has 0 aliphatic rings. The summed E-state index contributed by atoms with van der Waals surface area (Å²) in [5.41, 5.74) is 0.821. The number of esters is 1. The lowest BCUT2D eigenvalue weighted by Gasteiger charge is -2.02. The van der Waals surface area contributed by atoms with E-state index in [2.05, 4.69) is 10.1 Å². The second-order valence-electron chi connectivity index (χ2n) is 4.33. The minimum Gasteiger partial charge on any atom is -0.465 e. The number of ether oxygens (including phenoxy) is 1. The first-order valence-electron chi connectivity index (χ1n) is 6.40. The molecular weight excluding hydrogens is 320 g/mol. The van der Waals surface area contributed by atoms with Crippen LogP contribution < -0.4 is 5.32 Å². The first-order chi connectivity index (χ1) is 11.0. The van der Waals surface area contributed by atoms with Gasteiger partial charge in [0.1, 0.15) is 4.88 Å². The van der Waals surface area contributed by atoms with Crippen molar-refractivity contribution >= 4 is 40.7 Å². The van der Waals surface area contributed by atoms with Gasteiger partial charge in [-0.2, -0.15) is 0 Å². The minimum atomic E-state index is -0.530. The first kappa shape index (κ1) is 16.4. The molecule has 0 spiro atoms. The number of nitrogens with zero attached hydrogens (tertiary/aromatic N) is 1. The second-order valence-corrected chi connectivity index (χ2v) is 5.25. The molecule has 1 aromatic heterocycles. The lowest BCUT2D eigenvalue weighted by atomic mass is 10.2. The maximum atomic E-state index is 11.9. The van der Waals surface area contributed by atoms with Crippen molar-refractivity contribution in [2.75, 3.05) is 12.4 Å². The zero-order valence-electron chi connectivity index (χ0n) is 12.0. The molecule has 2 rings (SSSR count). The van der Waals surface area contributed by atoms with Gasteiger partial charge in [-0.3, -0.25) is 14.9 Å². The van der Waals surface area contributed by atoms with Crippen LogP contribution in [-0.4, -0.2) is 23.9 Å². The Morgan fingerprint density at radius 1 is 1.35 bits per heavy atom. The van der Waals surface area contributed by atoms with Gasteiger partial charge >= 0.3 is 5.97 Å². The number of thiophene rings is 1. The van der Waals surface area contributed by atoms with E-state index in [1.807, 2.05) is 0 Å². The quantitative estimate of drug-likeness (QED) is 0.392. The molecule has 118 valence electrons. The lowest BCUT2D eigenvalue weighted by molar-refractivity contribution is -0.384. The number of hydrogen-bond donors (Lipinski definition) is 1. The summed E-state index contributed by atoms with van der Waals surface area (Å²) in [4.78, 5) is 33.9. The molecule has 0 bridgehead atoms. The van der Waals surface area contributed by atoms with Gasteiger partial charge in [-0.25, -0.2) is 4.79 Å². The monoisotopic (exact) mass is 332 g/mol. The molecule has 0 saturated heterocycles. The van der Waals surface area contributed by atoms with Crippen LogP contribution in [0, 0.1) is 10.1 Å². The number of nitro groups is 1. The van der Waals surface area contributed by atoms with Crippen LogP contribution in [0.4, 0.5) is 11.4 Å². The van der Waals surface area contributed by atoms with Crippen LogP contribution in [0.3, 0.4) is 0 Å². The number of benzene rings is 1. The number of nitrogens with one attached hydrogen (secondary N) is 1. The van der Waals surface area contributed by atoms with Crippen molar-refractivity contribution in [3.8, 4) is 0 Å². The molecule has 8 heteroatoms. The minimum absolute atomic E-state index is 0.0571. The van der Waals surface area contributed by atoms with Crippen molar-refractivity contribution in [2.24, 2.45) is 0 Å². The molecule has 2 aromatic rings. The average molecular weight is 332 g/mol. The molecule has 1 heterocycles. The standard InChI is InChI=1S/C15H12N2O5S/c1-22-15(19)14-12(7-8-23-14)16-13(18)6-5-10-3-2-4-11(9-10)17(20)21/h2-9H,1H3,(H,16,18). The lowest BCUT2D eigenvalue weighted by Crippen LogP contribution is -2.10. The van der Waals surface area contributed by atoms with E-state index >= 15 is 0 Å². The fraction of sp³-hybridized carbons (Fsp3) is 0.0667. The molecule has 0 unspecified atom stereocenters. The predicted molar refractivity (Wildman–Crippen MR) is 86.4 cm³/mol. The van der Waals surface area contributed by atoms with Crippen molar-refractivity contribution in [1.29, 1.82) is 0 Å². The van der Waals surface area contributed by atoms with Gasteiger partial charge in [0.05, 0.1) is 17.7 Å². The zero-order chi connectivity index (χ0) is 16.8. The normalized spacial score (nSPS) is 10.5. The number of methoxy groups -OCH3 is 1. The number of amides is 1. The third kappa shape index (κ3) is 4.24. The van der Waals surface area contributed by atoms with Crippen LogP contribution in [0.25, 0.3) is 6.08 Å². The number of anilines is 1. The molecule has 0 fully saturated rings. The summed E-state index contributed by atoms with van der Waals surface area (Å²) in [5, 5.41) is 14.9. The second kappa shape index (κ2) is 7.32. The first-order valence-corrected chi connectivity index (χ1v) is 7.28. The van der Waals surface area contributed by atoms with Gasteiger partial charge in [-0.1, -0.05) is 12.1 Å². The molecule has 0 atom stereocenters. The van der Waals surface area contributed by atoms with Gasteiger partial charge in [-0.15, -0.1) is 11.3 Å². The number of non-ortho nitro benzene ring substituents is 1. The molecule has 0 aliphatic heterocycles. The third-order valence-corrected chi connectivity index (χ3v) is 3.70. The molecular formula is C15H12N2O5S. The van der Waals surface area contributed by atoms with E-state index in [4.69, 9.17) is 0 Å². The van der Waals surface area contributed by atoms with E-state index < -0.39 is 16.8 Å². The van der Waals surface area contributed by atoms with E-state index in [9.17, 15) is 19.7 Å². The van der Waals surface area contributed by atoms with Gasteiger partial charge in [0, 0.05) is 18.2 Å². The molecule has 0 radical (unpaired) electrons. The van der Waals surface area contributed by atoms with Crippen LogP contribution in [-0.2, 0) is 9.53 Å². The van der Waals surface area contributed by atoms with Crippen LogP contribution in [0.5, 0.6) is 0 Å². The van der Waals surface area contributed by atoms with Crippen LogP contribution in [0.15, 0.2) is 41.8 Å². The molecule has 0 aliphatic carbocycles. The van der Waals surface area contributed by atoms with E-state index in [-0.39, 0.29) is 5.69 Å². The van der Waals surface area contributed by atoms with Crippen LogP contribution in [0.2, 0.25) is 0 Å². The van der Waals surface area contributed by atoms with Crippen molar-refractivity contribution in [3.05, 3.63) is 62.3 Å². The highest BCUT2D eigenvalue weighted by molar-refractivity contribution is 7.12. The van der Waals surface area contributed by atoms with Crippen LogP contribution in [0.1, 0.15) is 15.2 Å². The number of carbonyl (C=O) groups excluding carboxylic acids is 2. The van der Waals surface area contributed by atoms with Gasteiger partial charge in [-0.05, 0) is 23.1 Å². The Hall–Kier alpha value is -3.00. The average Bonchev–Trinajstić information content (AvgIpc) is 3.00. The molecule has 23 heavy (non-hydrogen) atoms. The van der Waals surface area contributed by atoms with Crippen molar-refractivity contribution in [3.63, 3.8) is 0 Å². The highest BCUT2D eigenvalue weighted by Gasteiger charge is 2.14. The summed E-state index contributed by atoms with van der Waals surface area (Å²) in [6, 6.07) is 7.49. The number of nitro benzene ring substituents is 1. The molecule has 1 amide bonds. The Kier molecular flexibility index (Phi) is 5.21. The van der Waals surface area contributed by atoms with E-state index in [1.165, 1.54) is 37.5 Å². The molecule has 0 saturated carbocycles. The SMILES string of the molecule is COC(=O)c1sccc1NC(=O)C=Cc1cccc([N+](=O)[O-])c1. The number of carbonyl (C=O) groups is 2. The Bertz CT molecular complexity index is 782. The Morgan fingerprint density at radius 3 is 2.83 bits per heavy atom. The van der Waals surface area contributed by atoms with Gasteiger partial charge < -0.3 is 10.1 Å². The summed E-state index contributed by atoms with van der Waals surface area (Å²) in [5.74, 6) is -0.988. The maximum absolute atomic E-state index is 11.9. The summed E-state index contributed by atoms with van der Waals surface area (Å²) in [6.07, 6.45) is 2.68. The highest BCUT2D eigenvalue weighted by Crippen LogP contribution is 2.23. The predicted octanol–water partition coefficient (Wildman–Crippen LogP) is 3.09. The van der Waals surface area contributed by atoms with E-state index in [1.54, 1.807) is 17.5 Å². The summed E-state index contributed by atoms with van der Waals surface area (Å²) in [7, 11) is 1.26. The summed E-state index contributed by atoms with van der Waals surface area (Å²) < 4.78 is 4.62. The van der Waals surface area contributed by atoms with E-state index in [0.29, 0.717) is 16.1 Å². The Balaban J connectivity index is 2.08. The van der Waals surface area contributed by atoms with Crippen molar-refractivity contribution in [2.45, 2.75) is 0 Å². The van der Waals surface area contributed by atoms with Gasteiger partial charge in [0.2, 0.25) is 5.91 Å². The topological polar surface area (TPSA) is 98.5 Å². The summed E-state index contributed by atoms with van der Waals surface area (Å²) in [6.45, 7) is 0. The molecule has 7 nitrogen and oxygen atoms in total. The van der Waals surface area contributed by atoms with Crippen molar-refractivity contribution in [1.82, 2.24) is 0 Å². The Labute approximate surface area is 135 Å². The van der Waals surface area contributed by atoms with Crippen LogP contribution >= 0.6 is 11.3 Å². The number of rotatable bonds is 5. The fourth-order valence-corrected chi connectivity index (χ4v) is 2.51.